The van der Waals surface area contributed by atoms with E-state index in [1.807, 2.05) is 4.90 Å². The number of amides is 1. The fourth-order valence-electron chi connectivity index (χ4n) is 3.34. The number of halogens is 2. The number of hydrogen-bond donors (Lipinski definition) is 1. The van der Waals surface area contributed by atoms with Crippen LogP contribution >= 0.6 is 12.4 Å². The first-order valence-corrected chi connectivity index (χ1v) is 9.08. The summed E-state index contributed by atoms with van der Waals surface area (Å²) in [5.74, 6) is 1.00. The van der Waals surface area contributed by atoms with E-state index < -0.39 is 6.04 Å². The molecule has 1 aliphatic heterocycles. The number of carbonyl (C=O) groups excluding carboxylic acids is 1. The van der Waals surface area contributed by atoms with Gasteiger partial charge >= 0.3 is 0 Å². The maximum absolute atomic E-state index is 13.0. The van der Waals surface area contributed by atoms with Gasteiger partial charge in [0.15, 0.2) is 0 Å². The zero-order chi connectivity index (χ0) is 18.7. The lowest BCUT2D eigenvalue weighted by molar-refractivity contribution is -0.134. The summed E-state index contributed by atoms with van der Waals surface area (Å²) in [4.78, 5) is 18.8. The second kappa shape index (κ2) is 9.28. The Balaban J connectivity index is 0.00000261. The Morgan fingerprint density at radius 1 is 1.37 bits per heavy atom. The highest BCUT2D eigenvalue weighted by atomic mass is 35.5. The van der Waals surface area contributed by atoms with Gasteiger partial charge in [-0.1, -0.05) is 19.0 Å². The van der Waals surface area contributed by atoms with E-state index in [0.717, 1.165) is 12.8 Å². The van der Waals surface area contributed by atoms with Gasteiger partial charge in [-0.25, -0.2) is 4.39 Å². The van der Waals surface area contributed by atoms with Gasteiger partial charge in [0.25, 0.3) is 0 Å². The van der Waals surface area contributed by atoms with Crippen molar-refractivity contribution in [2.24, 2.45) is 11.7 Å². The minimum Gasteiger partial charge on any atom is -0.341 e. The summed E-state index contributed by atoms with van der Waals surface area (Å²) in [6, 6.07) is 5.49. The predicted octanol–water partition coefficient (Wildman–Crippen LogP) is 3.38. The summed E-state index contributed by atoms with van der Waals surface area (Å²) >= 11 is 0. The molecule has 0 spiro atoms. The van der Waals surface area contributed by atoms with Crippen LogP contribution in [0.4, 0.5) is 4.39 Å². The van der Waals surface area contributed by atoms with Gasteiger partial charge in [-0.15, -0.1) is 12.4 Å². The summed E-state index contributed by atoms with van der Waals surface area (Å²) in [6.45, 7) is 5.36. The molecule has 1 saturated heterocycles. The lowest BCUT2D eigenvalue weighted by Crippen LogP contribution is -2.48. The van der Waals surface area contributed by atoms with Gasteiger partial charge < -0.3 is 15.2 Å². The molecule has 2 atom stereocenters. The first kappa shape index (κ1) is 21.3. The van der Waals surface area contributed by atoms with Crippen molar-refractivity contribution in [1.82, 2.24) is 15.0 Å². The molecule has 148 valence electrons. The SMILES string of the molecule is CC(C)C[C@H](N)C(=O)N1CCCC(c2nc(-c3ccc(F)cc3)no2)C1.Cl. The number of benzene rings is 1. The fraction of sp³-hybridized carbons (Fsp3) is 0.526. The van der Waals surface area contributed by atoms with Crippen LogP contribution in [0.15, 0.2) is 28.8 Å². The Bertz CT molecular complexity index is 750. The van der Waals surface area contributed by atoms with Crippen LogP contribution in [-0.2, 0) is 4.79 Å². The van der Waals surface area contributed by atoms with Crippen LogP contribution in [0.5, 0.6) is 0 Å². The standard InChI is InChI=1S/C19H25FN4O2.ClH/c1-12(2)10-16(21)19(25)24-9-3-4-14(11-24)18-22-17(23-26-18)13-5-7-15(20)8-6-13;/h5-8,12,14,16H,3-4,9-11,21H2,1-2H3;1H/t14?,16-;/m0./s1. The Labute approximate surface area is 164 Å². The van der Waals surface area contributed by atoms with Crippen LogP contribution in [0.25, 0.3) is 11.4 Å². The average Bonchev–Trinajstić information content (AvgIpc) is 3.11. The molecule has 0 bridgehead atoms. The quantitative estimate of drug-likeness (QED) is 0.837. The van der Waals surface area contributed by atoms with Gasteiger partial charge in [-0.2, -0.15) is 4.98 Å². The van der Waals surface area contributed by atoms with Gasteiger partial charge in [0.2, 0.25) is 17.6 Å². The summed E-state index contributed by atoms with van der Waals surface area (Å²) in [5, 5.41) is 4.00. The van der Waals surface area contributed by atoms with Crippen molar-refractivity contribution in [3.8, 4) is 11.4 Å². The number of piperidine rings is 1. The van der Waals surface area contributed by atoms with Crippen LogP contribution in [0.2, 0.25) is 0 Å². The highest BCUT2D eigenvalue weighted by molar-refractivity contribution is 5.85. The molecule has 8 heteroatoms. The van der Waals surface area contributed by atoms with Crippen LogP contribution < -0.4 is 5.73 Å². The summed E-state index contributed by atoms with van der Waals surface area (Å²) in [7, 11) is 0. The average molecular weight is 397 g/mol. The van der Waals surface area contributed by atoms with E-state index in [2.05, 4.69) is 24.0 Å². The van der Waals surface area contributed by atoms with E-state index in [1.54, 1.807) is 12.1 Å². The minimum absolute atomic E-state index is 0. The molecular weight excluding hydrogens is 371 g/mol. The van der Waals surface area contributed by atoms with E-state index in [1.165, 1.54) is 12.1 Å². The molecular formula is C19H26ClFN4O2. The molecule has 1 aliphatic rings. The van der Waals surface area contributed by atoms with Gasteiger partial charge in [0, 0.05) is 18.7 Å². The summed E-state index contributed by atoms with van der Waals surface area (Å²) in [5.41, 5.74) is 6.75. The van der Waals surface area contributed by atoms with Crippen LogP contribution in [-0.4, -0.2) is 40.1 Å². The molecule has 1 aromatic heterocycles. The summed E-state index contributed by atoms with van der Waals surface area (Å²) < 4.78 is 18.5. The zero-order valence-electron chi connectivity index (χ0n) is 15.6. The Morgan fingerprint density at radius 3 is 2.74 bits per heavy atom. The van der Waals surface area contributed by atoms with E-state index in [9.17, 15) is 9.18 Å². The van der Waals surface area contributed by atoms with E-state index in [-0.39, 0.29) is 30.0 Å². The van der Waals surface area contributed by atoms with Crippen molar-refractivity contribution in [2.45, 2.75) is 45.1 Å². The van der Waals surface area contributed by atoms with E-state index in [4.69, 9.17) is 10.3 Å². The minimum atomic E-state index is -0.466. The van der Waals surface area contributed by atoms with Crippen molar-refractivity contribution < 1.29 is 13.7 Å². The lowest BCUT2D eigenvalue weighted by Gasteiger charge is -2.33. The molecule has 3 rings (SSSR count). The maximum Gasteiger partial charge on any atom is 0.239 e. The zero-order valence-corrected chi connectivity index (χ0v) is 16.4. The normalized spacial score (nSPS) is 18.3. The third-order valence-electron chi connectivity index (χ3n) is 4.67. The van der Waals surface area contributed by atoms with Gasteiger partial charge in [-0.05, 0) is 49.4 Å². The second-order valence-corrected chi connectivity index (χ2v) is 7.32. The smallest absolute Gasteiger partial charge is 0.239 e. The fourth-order valence-corrected chi connectivity index (χ4v) is 3.34. The number of hydrogen-bond acceptors (Lipinski definition) is 5. The Morgan fingerprint density at radius 2 is 2.07 bits per heavy atom. The third-order valence-corrected chi connectivity index (χ3v) is 4.67. The van der Waals surface area contributed by atoms with E-state index in [0.29, 0.717) is 42.7 Å². The van der Waals surface area contributed by atoms with Crippen molar-refractivity contribution in [3.05, 3.63) is 36.0 Å². The van der Waals surface area contributed by atoms with Crippen LogP contribution in [0.3, 0.4) is 0 Å². The van der Waals surface area contributed by atoms with E-state index >= 15 is 0 Å². The molecule has 1 fully saturated rings. The lowest BCUT2D eigenvalue weighted by atomic mass is 9.96. The summed E-state index contributed by atoms with van der Waals surface area (Å²) in [6.07, 6.45) is 2.43. The largest absolute Gasteiger partial charge is 0.341 e. The topological polar surface area (TPSA) is 85.3 Å². The molecule has 2 heterocycles. The number of likely N-dealkylation sites (tertiary alicyclic amines) is 1. The molecule has 1 aromatic carbocycles. The van der Waals surface area contributed by atoms with Crippen molar-refractivity contribution >= 4 is 18.3 Å². The Kier molecular flexibility index (Phi) is 7.33. The maximum atomic E-state index is 13.0. The predicted molar refractivity (Wildman–Crippen MR) is 103 cm³/mol. The van der Waals surface area contributed by atoms with Gasteiger partial charge in [-0.3, -0.25) is 4.79 Å². The Hall–Kier alpha value is -1.99. The first-order chi connectivity index (χ1) is 12.4. The number of aromatic nitrogens is 2. The van der Waals surface area contributed by atoms with Gasteiger partial charge in [0.05, 0.1) is 12.0 Å². The molecule has 0 radical (unpaired) electrons. The number of nitrogens with zero attached hydrogens (tertiary/aromatic N) is 3. The number of nitrogens with two attached hydrogens (primary N) is 1. The first-order valence-electron chi connectivity index (χ1n) is 9.08. The van der Waals surface area contributed by atoms with Crippen LogP contribution in [0.1, 0.15) is 44.9 Å². The number of carbonyl (C=O) groups is 1. The molecule has 2 N–H and O–H groups in total. The van der Waals surface area contributed by atoms with Crippen molar-refractivity contribution in [3.63, 3.8) is 0 Å². The van der Waals surface area contributed by atoms with Crippen molar-refractivity contribution in [2.75, 3.05) is 13.1 Å². The number of rotatable bonds is 5. The molecule has 0 saturated carbocycles. The monoisotopic (exact) mass is 396 g/mol. The molecule has 6 nitrogen and oxygen atoms in total. The highest BCUT2D eigenvalue weighted by Gasteiger charge is 2.31. The molecule has 27 heavy (non-hydrogen) atoms. The highest BCUT2D eigenvalue weighted by Crippen LogP contribution is 2.28. The van der Waals surface area contributed by atoms with Crippen LogP contribution in [0, 0.1) is 11.7 Å². The second-order valence-electron chi connectivity index (χ2n) is 7.32. The molecule has 2 aromatic rings. The van der Waals surface area contributed by atoms with Gasteiger partial charge in [0.1, 0.15) is 5.82 Å². The molecule has 0 aliphatic carbocycles. The molecule has 1 amide bonds. The molecule has 1 unspecified atom stereocenters. The van der Waals surface area contributed by atoms with Crippen molar-refractivity contribution in [1.29, 1.82) is 0 Å². The third kappa shape index (κ3) is 5.26.